The van der Waals surface area contributed by atoms with Gasteiger partial charge in [0.2, 0.25) is 0 Å². The minimum atomic E-state index is -0.0234. The molecule has 0 N–H and O–H groups in total. The molecule has 0 aliphatic rings. The zero-order valence-corrected chi connectivity index (χ0v) is 24.2. The van der Waals surface area contributed by atoms with Crippen LogP contribution in [0.4, 0.5) is 0 Å². The average Bonchev–Trinajstić information content (AvgIpc) is 3.04. The van der Waals surface area contributed by atoms with Crippen molar-refractivity contribution >= 4 is 65.1 Å². The Morgan fingerprint density at radius 3 is 1.52 bits per heavy atom. The minimum Gasteiger partial charge on any atom is -0.289 e. The average molecular weight is 577 g/mol. The Bertz CT molecular complexity index is 2340. The van der Waals surface area contributed by atoms with Gasteiger partial charge in [0.15, 0.2) is 10.9 Å². The highest BCUT2D eigenvalue weighted by molar-refractivity contribution is 7.24. The molecule has 0 saturated heterocycles. The molecular formula is C38H24O2S2. The molecule has 0 radical (unpaired) electrons. The van der Waals surface area contributed by atoms with Gasteiger partial charge in [0, 0.05) is 40.7 Å². The Labute approximate surface area is 250 Å². The maximum absolute atomic E-state index is 13.3. The van der Waals surface area contributed by atoms with Crippen molar-refractivity contribution in [1.82, 2.24) is 0 Å². The first kappa shape index (κ1) is 26.0. The van der Waals surface area contributed by atoms with E-state index in [0.29, 0.717) is 10.9 Å². The summed E-state index contributed by atoms with van der Waals surface area (Å²) >= 11 is 3.20. The normalized spacial score (nSPS) is 11.2. The molecule has 5 aromatic carbocycles. The van der Waals surface area contributed by atoms with E-state index in [4.69, 9.17) is 0 Å². The summed E-state index contributed by atoms with van der Waals surface area (Å²) in [5, 5.41) is 2.20. The van der Waals surface area contributed by atoms with Crippen LogP contribution in [0.3, 0.4) is 0 Å². The van der Waals surface area contributed by atoms with E-state index in [1.165, 1.54) is 0 Å². The van der Waals surface area contributed by atoms with Crippen LogP contribution in [0.25, 0.3) is 75.8 Å². The van der Waals surface area contributed by atoms with Gasteiger partial charge in [0.05, 0.1) is 0 Å². The van der Waals surface area contributed by atoms with Crippen LogP contribution in [-0.4, -0.2) is 0 Å². The van der Waals surface area contributed by atoms with Crippen molar-refractivity contribution in [3.8, 4) is 33.4 Å². The minimum absolute atomic E-state index is 0.0234. The summed E-state index contributed by atoms with van der Waals surface area (Å²) in [7, 11) is 0. The summed E-state index contributed by atoms with van der Waals surface area (Å²) in [5.74, 6) is 0. The van der Waals surface area contributed by atoms with Gasteiger partial charge in [0.1, 0.15) is 0 Å². The molecule has 0 atom stereocenters. The Morgan fingerprint density at radius 2 is 0.952 bits per heavy atom. The van der Waals surface area contributed by atoms with E-state index in [1.54, 1.807) is 34.8 Å². The lowest BCUT2D eigenvalue weighted by Crippen LogP contribution is -2.06. The van der Waals surface area contributed by atoms with Crippen LogP contribution in [0.5, 0.6) is 0 Å². The van der Waals surface area contributed by atoms with Crippen LogP contribution >= 0.6 is 22.7 Å². The van der Waals surface area contributed by atoms with Crippen LogP contribution in [0.15, 0.2) is 132 Å². The first-order valence-electron chi connectivity index (χ1n) is 13.6. The fourth-order valence-electron chi connectivity index (χ4n) is 5.49. The second-order valence-electron chi connectivity index (χ2n) is 10.1. The smallest absolute Gasteiger partial charge is 0.195 e. The van der Waals surface area contributed by atoms with Crippen molar-refractivity contribution < 1.29 is 0 Å². The number of fused-ring (bicyclic) bond motifs is 3. The van der Waals surface area contributed by atoms with Gasteiger partial charge in [-0.1, -0.05) is 86.0 Å². The zero-order valence-electron chi connectivity index (χ0n) is 22.6. The molecular weight excluding hydrogens is 553 g/mol. The molecule has 0 amide bonds. The number of hydrogen-bond donors (Lipinski definition) is 0. The highest BCUT2D eigenvalue weighted by atomic mass is 32.1. The largest absolute Gasteiger partial charge is 0.289 e. The van der Waals surface area contributed by atoms with Gasteiger partial charge >= 0.3 is 0 Å². The third kappa shape index (κ3) is 4.42. The number of hydrogen-bond acceptors (Lipinski definition) is 4. The highest BCUT2D eigenvalue weighted by Crippen LogP contribution is 2.33. The number of rotatable bonds is 5. The van der Waals surface area contributed by atoms with Crippen molar-refractivity contribution in [2.45, 2.75) is 0 Å². The Morgan fingerprint density at radius 1 is 0.452 bits per heavy atom. The lowest BCUT2D eigenvalue weighted by Gasteiger charge is -2.10. The Balaban J connectivity index is 1.29. The highest BCUT2D eigenvalue weighted by Gasteiger charge is 2.12. The van der Waals surface area contributed by atoms with Crippen LogP contribution in [0.2, 0.25) is 0 Å². The molecule has 0 fully saturated rings. The van der Waals surface area contributed by atoms with E-state index >= 15 is 0 Å². The molecule has 0 aliphatic carbocycles. The molecule has 7 aromatic rings. The van der Waals surface area contributed by atoms with E-state index in [1.807, 2.05) is 48.5 Å². The number of benzene rings is 5. The fraction of sp³-hybridized carbons (Fsp3) is 0. The third-order valence-corrected chi connectivity index (χ3v) is 9.98. The molecule has 7 rings (SSSR count). The standard InChI is InChI=1S/C38H24O2S2/c1-3-29-33(4-2)41-35-17-15-27(21-31(35)37(29)39)25-11-7-9-23(19-25)24-10-8-12-26(20-24)28-16-18-36-32(22-28)38(40)30-13-5-6-14-34(30)42-36/h3-22H,1-2H2. The summed E-state index contributed by atoms with van der Waals surface area (Å²) in [6.45, 7) is 7.69. The third-order valence-electron chi connectivity index (χ3n) is 7.64. The summed E-state index contributed by atoms with van der Waals surface area (Å²) in [5.41, 5.74) is 6.88. The van der Waals surface area contributed by atoms with E-state index in [0.717, 1.165) is 63.1 Å². The van der Waals surface area contributed by atoms with Crippen LogP contribution in [0, 0.1) is 0 Å². The Kier molecular flexibility index (Phi) is 6.50. The molecule has 0 bridgehead atoms. The van der Waals surface area contributed by atoms with Crippen molar-refractivity contribution in [3.63, 3.8) is 0 Å². The van der Waals surface area contributed by atoms with E-state index < -0.39 is 0 Å². The van der Waals surface area contributed by atoms with Crippen molar-refractivity contribution in [1.29, 1.82) is 0 Å². The molecule has 2 nitrogen and oxygen atoms in total. The van der Waals surface area contributed by atoms with Crippen LogP contribution in [0.1, 0.15) is 10.4 Å². The van der Waals surface area contributed by atoms with Crippen molar-refractivity contribution in [3.05, 3.63) is 153 Å². The van der Waals surface area contributed by atoms with Gasteiger partial charge in [-0.3, -0.25) is 9.59 Å². The van der Waals surface area contributed by atoms with E-state index in [9.17, 15) is 9.59 Å². The molecule has 2 aromatic heterocycles. The zero-order chi connectivity index (χ0) is 28.8. The molecule has 0 aliphatic heterocycles. The van der Waals surface area contributed by atoms with Gasteiger partial charge in [-0.25, -0.2) is 0 Å². The quantitative estimate of drug-likeness (QED) is 0.191. The predicted molar refractivity (Wildman–Crippen MR) is 184 cm³/mol. The maximum Gasteiger partial charge on any atom is 0.195 e. The molecule has 2 heterocycles. The first-order valence-corrected chi connectivity index (χ1v) is 15.2. The molecule has 0 saturated carbocycles. The predicted octanol–water partition coefficient (Wildman–Crippen LogP) is 10.3. The molecule has 200 valence electrons. The van der Waals surface area contributed by atoms with Crippen molar-refractivity contribution in [2.24, 2.45) is 0 Å². The summed E-state index contributed by atoms with van der Waals surface area (Å²) in [6.07, 6.45) is 3.33. The van der Waals surface area contributed by atoms with Gasteiger partial charge in [-0.05, 0) is 81.9 Å². The summed E-state index contributed by atoms with van der Waals surface area (Å²) < 4.78 is 2.92. The van der Waals surface area contributed by atoms with Crippen molar-refractivity contribution in [2.75, 3.05) is 0 Å². The first-order chi connectivity index (χ1) is 20.5. The summed E-state index contributed by atoms with van der Waals surface area (Å²) in [6, 6.07) is 36.8. The monoisotopic (exact) mass is 576 g/mol. The van der Waals surface area contributed by atoms with Crippen LogP contribution in [-0.2, 0) is 0 Å². The van der Waals surface area contributed by atoms with Gasteiger partial charge in [-0.15, -0.1) is 22.7 Å². The van der Waals surface area contributed by atoms with Gasteiger partial charge < -0.3 is 0 Å². The van der Waals surface area contributed by atoms with E-state index in [2.05, 4.69) is 73.8 Å². The molecule has 4 heteroatoms. The second-order valence-corrected chi connectivity index (χ2v) is 12.3. The SMILES string of the molecule is C=Cc1sc2ccc(-c3cccc(-c4cccc(-c5ccc6sc7ccccc7c(=O)c6c5)c4)c3)cc2c(=O)c1C=C. The van der Waals surface area contributed by atoms with Gasteiger partial charge in [0.25, 0.3) is 0 Å². The molecule has 0 unspecified atom stereocenters. The van der Waals surface area contributed by atoms with Crippen LogP contribution < -0.4 is 10.9 Å². The fourth-order valence-corrected chi connectivity index (χ4v) is 7.55. The lowest BCUT2D eigenvalue weighted by atomic mass is 9.95. The topological polar surface area (TPSA) is 34.1 Å². The second kappa shape index (κ2) is 10.5. The Hall–Kier alpha value is -4.90. The van der Waals surface area contributed by atoms with E-state index in [-0.39, 0.29) is 10.9 Å². The maximum atomic E-state index is 13.3. The lowest BCUT2D eigenvalue weighted by molar-refractivity contribution is 1.58. The van der Waals surface area contributed by atoms with Gasteiger partial charge in [-0.2, -0.15) is 0 Å². The molecule has 42 heavy (non-hydrogen) atoms. The summed E-state index contributed by atoms with van der Waals surface area (Å²) in [4.78, 5) is 27.3. The molecule has 0 spiro atoms.